The van der Waals surface area contributed by atoms with E-state index in [2.05, 4.69) is 15.0 Å². The highest BCUT2D eigenvalue weighted by atomic mass is 31.2. The molecule has 3 atom stereocenters. The molecular formula is C19H32N5O10P. The summed E-state index contributed by atoms with van der Waals surface area (Å²) in [6, 6.07) is 0. The molecule has 0 aliphatic carbocycles. The summed E-state index contributed by atoms with van der Waals surface area (Å²) in [5.74, 6) is 0.244. The van der Waals surface area contributed by atoms with Gasteiger partial charge in [0.15, 0.2) is 18.3 Å². The Hall–Kier alpha value is -2.39. The topological polar surface area (TPSA) is 189 Å². The van der Waals surface area contributed by atoms with E-state index in [-0.39, 0.29) is 18.5 Å². The molecule has 0 bridgehead atoms. The molecule has 0 fully saturated rings. The number of ether oxygens (including phenoxy) is 5. The van der Waals surface area contributed by atoms with E-state index in [0.717, 1.165) is 0 Å². The van der Waals surface area contributed by atoms with Crippen molar-refractivity contribution in [3.05, 3.63) is 12.7 Å². The molecule has 3 unspecified atom stereocenters. The minimum Gasteiger partial charge on any atom is -0.432 e. The number of hydrogen-bond acceptors (Lipinski definition) is 14. The van der Waals surface area contributed by atoms with Crippen molar-refractivity contribution in [1.82, 2.24) is 19.5 Å². The number of aliphatic hydroxyl groups excluding tert-OH is 1. The Morgan fingerprint density at radius 3 is 2.49 bits per heavy atom. The Morgan fingerprint density at radius 2 is 1.80 bits per heavy atom. The summed E-state index contributed by atoms with van der Waals surface area (Å²) in [4.78, 5) is 23.8. The quantitative estimate of drug-likeness (QED) is 0.197. The lowest BCUT2D eigenvalue weighted by molar-refractivity contribution is -0.294. The summed E-state index contributed by atoms with van der Waals surface area (Å²) in [6.07, 6.45) is 0.0744. The summed E-state index contributed by atoms with van der Waals surface area (Å²) in [5.41, 5.74) is 6.75. The zero-order valence-corrected chi connectivity index (χ0v) is 21.1. The second-order valence-electron chi connectivity index (χ2n) is 7.76. The highest BCUT2D eigenvalue weighted by Crippen LogP contribution is 2.48. The maximum atomic E-state index is 13.1. The normalized spacial score (nSPS) is 15.3. The molecule has 2 aromatic rings. The van der Waals surface area contributed by atoms with E-state index in [4.69, 9.17) is 38.5 Å². The van der Waals surface area contributed by atoms with Crippen LogP contribution in [0.1, 0.15) is 34.6 Å². The predicted octanol–water partition coefficient (Wildman–Crippen LogP) is 2.19. The molecule has 3 N–H and O–H groups in total. The standard InChI is InChI=1S/C19H32N5O10P/c1-12(2)33-18(25)28-9-31-35(27,32-10-29-19(26)34-13(3)4)11-30-14(5)6-24-8-23-15-16(20)21-7-22-17(15)24/h7-8,12-14,18,25H,6,9-11H2,1-5H3,(H2,20,21,22). The summed E-state index contributed by atoms with van der Waals surface area (Å²) in [6.45, 7) is 5.66. The van der Waals surface area contributed by atoms with Gasteiger partial charge in [0.1, 0.15) is 18.2 Å². The molecule has 0 aromatic carbocycles. The predicted molar refractivity (Wildman–Crippen MR) is 121 cm³/mol. The van der Waals surface area contributed by atoms with Gasteiger partial charge >= 0.3 is 13.8 Å². The van der Waals surface area contributed by atoms with Crippen molar-refractivity contribution >= 4 is 30.7 Å². The zero-order valence-electron chi connectivity index (χ0n) is 20.2. The van der Waals surface area contributed by atoms with E-state index in [9.17, 15) is 14.5 Å². The van der Waals surface area contributed by atoms with Crippen LogP contribution in [0.15, 0.2) is 12.7 Å². The fourth-order valence-corrected chi connectivity index (χ4v) is 3.61. The zero-order chi connectivity index (χ0) is 26.0. The lowest BCUT2D eigenvalue weighted by Crippen LogP contribution is -2.23. The smallest absolute Gasteiger partial charge is 0.432 e. The van der Waals surface area contributed by atoms with Gasteiger partial charge in [0.05, 0.1) is 31.2 Å². The van der Waals surface area contributed by atoms with Crippen LogP contribution in [0.3, 0.4) is 0 Å². The molecule has 2 aromatic heterocycles. The molecule has 2 heterocycles. The molecule has 0 amide bonds. The number of hydrogen-bond donors (Lipinski definition) is 2. The molecule has 35 heavy (non-hydrogen) atoms. The summed E-state index contributed by atoms with van der Waals surface area (Å²) >= 11 is 0. The molecule has 198 valence electrons. The number of rotatable bonds is 15. The fraction of sp³-hybridized carbons (Fsp3) is 0.684. The number of aliphatic hydroxyl groups is 1. The van der Waals surface area contributed by atoms with E-state index in [1.807, 2.05) is 0 Å². The number of fused-ring (bicyclic) bond motifs is 1. The van der Waals surface area contributed by atoms with Crippen LogP contribution in [-0.4, -0.2) is 75.5 Å². The number of imidazole rings is 1. The third-order valence-electron chi connectivity index (χ3n) is 4.01. The number of nitrogen functional groups attached to an aromatic ring is 1. The number of carbonyl (C=O) groups excluding carboxylic acids is 1. The number of aromatic nitrogens is 4. The van der Waals surface area contributed by atoms with Gasteiger partial charge in [-0.3, -0.25) is 13.6 Å². The number of carbonyl (C=O) groups is 1. The maximum absolute atomic E-state index is 13.1. The van der Waals surface area contributed by atoms with Crippen molar-refractivity contribution in [3.63, 3.8) is 0 Å². The molecule has 0 spiro atoms. The number of nitrogens with two attached hydrogens (primary N) is 1. The SMILES string of the molecule is CC(C)OC(=O)OCOP(=O)(COC(C)Cn1cnc2c(N)ncnc21)OCOC(O)OC(C)C. The molecule has 0 aliphatic heterocycles. The van der Waals surface area contributed by atoms with E-state index in [0.29, 0.717) is 11.2 Å². The van der Waals surface area contributed by atoms with Gasteiger partial charge in [-0.25, -0.2) is 19.7 Å². The van der Waals surface area contributed by atoms with Crippen molar-refractivity contribution in [2.45, 2.75) is 66.0 Å². The molecule has 0 aliphatic rings. The third kappa shape index (κ3) is 10.0. The Kier molecular flexibility index (Phi) is 11.2. The lowest BCUT2D eigenvalue weighted by Gasteiger charge is -2.22. The van der Waals surface area contributed by atoms with Crippen LogP contribution < -0.4 is 5.73 Å². The van der Waals surface area contributed by atoms with Crippen molar-refractivity contribution in [1.29, 1.82) is 0 Å². The number of anilines is 1. The van der Waals surface area contributed by atoms with Gasteiger partial charge in [-0.15, -0.1) is 0 Å². The first-order valence-corrected chi connectivity index (χ1v) is 12.4. The first kappa shape index (κ1) is 28.8. The third-order valence-corrected chi connectivity index (χ3v) is 5.47. The average Bonchev–Trinajstić information content (AvgIpc) is 3.15. The number of nitrogens with zero attached hydrogens (tertiary/aromatic N) is 4. The Balaban J connectivity index is 1.95. The second kappa shape index (κ2) is 13.6. The molecular weight excluding hydrogens is 489 g/mol. The summed E-state index contributed by atoms with van der Waals surface area (Å²) in [5, 5.41) is 9.62. The minimum atomic E-state index is -4.02. The van der Waals surface area contributed by atoms with Crippen LogP contribution in [0.5, 0.6) is 0 Å². The van der Waals surface area contributed by atoms with Crippen LogP contribution >= 0.6 is 7.60 Å². The highest BCUT2D eigenvalue weighted by molar-refractivity contribution is 7.53. The van der Waals surface area contributed by atoms with Crippen molar-refractivity contribution in [2.24, 2.45) is 0 Å². The molecule has 15 nitrogen and oxygen atoms in total. The lowest BCUT2D eigenvalue weighted by atomic mass is 10.4. The van der Waals surface area contributed by atoms with Crippen LogP contribution in [0.4, 0.5) is 10.6 Å². The molecule has 0 saturated carbocycles. The van der Waals surface area contributed by atoms with Gasteiger partial charge in [0.2, 0.25) is 6.79 Å². The monoisotopic (exact) mass is 521 g/mol. The van der Waals surface area contributed by atoms with Gasteiger partial charge in [0, 0.05) is 0 Å². The van der Waals surface area contributed by atoms with E-state index in [1.165, 1.54) is 12.7 Å². The van der Waals surface area contributed by atoms with E-state index >= 15 is 0 Å². The fourth-order valence-electron chi connectivity index (χ4n) is 2.51. The average molecular weight is 521 g/mol. The van der Waals surface area contributed by atoms with Crippen molar-refractivity contribution in [2.75, 3.05) is 25.7 Å². The maximum Gasteiger partial charge on any atom is 0.510 e. The first-order chi connectivity index (χ1) is 16.5. The first-order valence-electron chi connectivity index (χ1n) is 10.7. The highest BCUT2D eigenvalue weighted by Gasteiger charge is 2.28. The summed E-state index contributed by atoms with van der Waals surface area (Å²) in [7, 11) is -4.02. The second-order valence-corrected chi connectivity index (χ2v) is 9.76. The van der Waals surface area contributed by atoms with Gasteiger partial charge in [0.25, 0.3) is 6.48 Å². The van der Waals surface area contributed by atoms with Crippen molar-refractivity contribution < 1.29 is 47.2 Å². The van der Waals surface area contributed by atoms with E-state index in [1.54, 1.807) is 39.2 Å². The Labute approximate surface area is 202 Å². The summed E-state index contributed by atoms with van der Waals surface area (Å²) < 4.78 is 50.2. The molecule has 0 radical (unpaired) electrons. The Morgan fingerprint density at radius 1 is 1.09 bits per heavy atom. The van der Waals surface area contributed by atoms with Gasteiger partial charge in [-0.1, -0.05) is 0 Å². The molecule has 16 heteroatoms. The van der Waals surface area contributed by atoms with Crippen LogP contribution in [0.25, 0.3) is 11.2 Å². The van der Waals surface area contributed by atoms with Gasteiger partial charge in [-0.05, 0) is 34.6 Å². The molecule has 0 saturated heterocycles. The Bertz CT molecular complexity index is 988. The van der Waals surface area contributed by atoms with Gasteiger partial charge in [-0.2, -0.15) is 0 Å². The largest absolute Gasteiger partial charge is 0.510 e. The molecule has 2 rings (SSSR count). The van der Waals surface area contributed by atoms with Crippen LogP contribution in [0, 0.1) is 0 Å². The minimum absolute atomic E-state index is 0.244. The van der Waals surface area contributed by atoms with Crippen LogP contribution in [0.2, 0.25) is 0 Å². The van der Waals surface area contributed by atoms with E-state index < -0.39 is 52.4 Å². The van der Waals surface area contributed by atoms with Crippen LogP contribution in [-0.2, 0) is 43.8 Å². The van der Waals surface area contributed by atoms with Crippen molar-refractivity contribution in [3.8, 4) is 0 Å². The van der Waals surface area contributed by atoms with Gasteiger partial charge < -0.3 is 39.1 Å².